The van der Waals surface area contributed by atoms with Crippen LogP contribution in [0.5, 0.6) is 0 Å². The zero-order valence-corrected chi connectivity index (χ0v) is 14.5. The maximum atomic E-state index is 12.4. The van der Waals surface area contributed by atoms with Crippen molar-refractivity contribution in [3.8, 4) is 0 Å². The highest BCUT2D eigenvalue weighted by molar-refractivity contribution is 6.30. The van der Waals surface area contributed by atoms with E-state index < -0.39 is 17.8 Å². The van der Waals surface area contributed by atoms with Gasteiger partial charge in [0.25, 0.3) is 0 Å². The molecule has 1 fully saturated rings. The molecular formula is C17H24ClNO3. The van der Waals surface area contributed by atoms with Gasteiger partial charge >= 0.3 is 6.09 Å². The van der Waals surface area contributed by atoms with Gasteiger partial charge in [-0.15, -0.1) is 0 Å². The summed E-state index contributed by atoms with van der Waals surface area (Å²) >= 11 is 5.98. The normalized spacial score (nSPS) is 22.0. The fourth-order valence-electron chi connectivity index (χ4n) is 2.90. The van der Waals surface area contributed by atoms with Crippen molar-refractivity contribution in [2.24, 2.45) is 0 Å². The van der Waals surface area contributed by atoms with E-state index in [1.807, 2.05) is 40.7 Å². The first-order valence-corrected chi connectivity index (χ1v) is 7.85. The SMILES string of the molecule is CC(C)(C)OC(=O)N1C([C@H](O)c2cccc(Cl)c2)CC1(C)C. The number of aliphatic hydroxyl groups excluding tert-OH is 1. The number of aliphatic hydroxyl groups is 1. The van der Waals surface area contributed by atoms with Crippen LogP contribution in [0.25, 0.3) is 0 Å². The summed E-state index contributed by atoms with van der Waals surface area (Å²) < 4.78 is 5.47. The smallest absolute Gasteiger partial charge is 0.411 e. The summed E-state index contributed by atoms with van der Waals surface area (Å²) in [4.78, 5) is 14.1. The predicted molar refractivity (Wildman–Crippen MR) is 87.0 cm³/mol. The molecule has 22 heavy (non-hydrogen) atoms. The number of nitrogens with zero attached hydrogens (tertiary/aromatic N) is 1. The molecule has 5 heteroatoms. The van der Waals surface area contributed by atoms with Crippen LogP contribution in [0.2, 0.25) is 5.02 Å². The lowest BCUT2D eigenvalue weighted by Gasteiger charge is -2.56. The number of benzene rings is 1. The Labute approximate surface area is 137 Å². The second kappa shape index (κ2) is 5.74. The largest absolute Gasteiger partial charge is 0.444 e. The lowest BCUT2D eigenvalue weighted by molar-refractivity contribution is -0.105. The van der Waals surface area contributed by atoms with E-state index in [1.165, 1.54) is 0 Å². The van der Waals surface area contributed by atoms with Gasteiger partial charge in [-0.05, 0) is 58.7 Å². The molecule has 1 aromatic rings. The Hall–Kier alpha value is -1.26. The lowest BCUT2D eigenvalue weighted by atomic mass is 9.77. The molecule has 1 aliphatic heterocycles. The first kappa shape index (κ1) is 17.1. The average molecular weight is 326 g/mol. The third-order valence-electron chi connectivity index (χ3n) is 3.84. The third-order valence-corrected chi connectivity index (χ3v) is 4.07. The maximum absolute atomic E-state index is 12.4. The van der Waals surface area contributed by atoms with Crippen LogP contribution < -0.4 is 0 Å². The molecule has 0 bridgehead atoms. The molecule has 2 atom stereocenters. The number of hydrogen-bond donors (Lipinski definition) is 1. The molecular weight excluding hydrogens is 302 g/mol. The molecule has 4 nitrogen and oxygen atoms in total. The number of halogens is 1. The Balaban J connectivity index is 2.19. The summed E-state index contributed by atoms with van der Waals surface area (Å²) in [5.74, 6) is 0. The molecule has 1 unspecified atom stereocenters. The van der Waals surface area contributed by atoms with Crippen molar-refractivity contribution in [2.45, 2.75) is 64.3 Å². The highest BCUT2D eigenvalue weighted by Gasteiger charge is 2.52. The van der Waals surface area contributed by atoms with Gasteiger partial charge in [0.05, 0.1) is 12.1 Å². The molecule has 1 saturated heterocycles. The van der Waals surface area contributed by atoms with Gasteiger partial charge in [-0.1, -0.05) is 23.7 Å². The summed E-state index contributed by atoms with van der Waals surface area (Å²) in [5, 5.41) is 11.2. The van der Waals surface area contributed by atoms with Crippen molar-refractivity contribution in [1.29, 1.82) is 0 Å². The number of amides is 1. The van der Waals surface area contributed by atoms with Crippen LogP contribution in [0.15, 0.2) is 24.3 Å². The number of carbonyl (C=O) groups is 1. The Morgan fingerprint density at radius 1 is 1.45 bits per heavy atom. The van der Waals surface area contributed by atoms with E-state index >= 15 is 0 Å². The quantitative estimate of drug-likeness (QED) is 0.888. The summed E-state index contributed by atoms with van der Waals surface area (Å²) in [6.45, 7) is 9.44. The van der Waals surface area contributed by atoms with Crippen LogP contribution in [-0.4, -0.2) is 33.3 Å². The van der Waals surface area contributed by atoms with E-state index in [1.54, 1.807) is 23.1 Å². The van der Waals surface area contributed by atoms with Crippen molar-refractivity contribution >= 4 is 17.7 Å². The topological polar surface area (TPSA) is 49.8 Å². The van der Waals surface area contributed by atoms with E-state index in [9.17, 15) is 9.90 Å². The monoisotopic (exact) mass is 325 g/mol. The molecule has 0 radical (unpaired) electrons. The Kier molecular flexibility index (Phi) is 4.46. The fourth-order valence-corrected chi connectivity index (χ4v) is 3.10. The van der Waals surface area contributed by atoms with Crippen LogP contribution in [0.4, 0.5) is 4.79 Å². The van der Waals surface area contributed by atoms with Crippen molar-refractivity contribution in [1.82, 2.24) is 4.90 Å². The van der Waals surface area contributed by atoms with E-state index in [2.05, 4.69) is 0 Å². The first-order chi connectivity index (χ1) is 10.0. The molecule has 1 amide bonds. The van der Waals surface area contributed by atoms with Crippen LogP contribution in [0, 0.1) is 0 Å². The molecule has 1 aromatic carbocycles. The first-order valence-electron chi connectivity index (χ1n) is 7.47. The van der Waals surface area contributed by atoms with E-state index in [-0.39, 0.29) is 11.6 Å². The van der Waals surface area contributed by atoms with Gasteiger partial charge in [0.1, 0.15) is 5.60 Å². The molecule has 1 N–H and O–H groups in total. The van der Waals surface area contributed by atoms with E-state index in [4.69, 9.17) is 16.3 Å². The van der Waals surface area contributed by atoms with Gasteiger partial charge in [-0.3, -0.25) is 4.90 Å². The van der Waals surface area contributed by atoms with Gasteiger partial charge < -0.3 is 9.84 Å². The Morgan fingerprint density at radius 2 is 2.09 bits per heavy atom. The maximum Gasteiger partial charge on any atom is 0.411 e. The van der Waals surface area contributed by atoms with Crippen molar-refractivity contribution < 1.29 is 14.6 Å². The molecule has 122 valence electrons. The minimum Gasteiger partial charge on any atom is -0.444 e. The number of ether oxygens (including phenoxy) is 1. The van der Waals surface area contributed by atoms with Crippen molar-refractivity contribution in [3.63, 3.8) is 0 Å². The molecule has 0 spiro atoms. The molecule has 1 aliphatic rings. The molecule has 0 aliphatic carbocycles. The highest BCUT2D eigenvalue weighted by Crippen LogP contribution is 2.43. The van der Waals surface area contributed by atoms with Crippen LogP contribution >= 0.6 is 11.6 Å². The average Bonchev–Trinajstić information content (AvgIpc) is 2.33. The second-order valence-corrected chi connectivity index (χ2v) is 7.87. The molecule has 2 rings (SSSR count). The van der Waals surface area contributed by atoms with Crippen molar-refractivity contribution in [2.75, 3.05) is 0 Å². The summed E-state index contributed by atoms with van der Waals surface area (Å²) in [6, 6.07) is 6.79. The minimum atomic E-state index is -0.778. The van der Waals surface area contributed by atoms with Gasteiger partial charge in [0, 0.05) is 10.6 Å². The van der Waals surface area contributed by atoms with Crippen LogP contribution in [-0.2, 0) is 4.74 Å². The summed E-state index contributed by atoms with van der Waals surface area (Å²) in [7, 11) is 0. The van der Waals surface area contributed by atoms with Gasteiger partial charge in [0.2, 0.25) is 0 Å². The van der Waals surface area contributed by atoms with Crippen LogP contribution in [0.1, 0.15) is 52.7 Å². The van der Waals surface area contributed by atoms with E-state index in [0.717, 1.165) is 0 Å². The lowest BCUT2D eigenvalue weighted by Crippen LogP contribution is -2.67. The zero-order valence-electron chi connectivity index (χ0n) is 13.8. The second-order valence-electron chi connectivity index (χ2n) is 7.43. The van der Waals surface area contributed by atoms with E-state index in [0.29, 0.717) is 17.0 Å². The molecule has 0 saturated carbocycles. The van der Waals surface area contributed by atoms with Gasteiger partial charge in [-0.2, -0.15) is 0 Å². The number of rotatable bonds is 2. The number of carbonyl (C=O) groups excluding carboxylic acids is 1. The summed E-state index contributed by atoms with van der Waals surface area (Å²) in [5.41, 5.74) is -0.178. The number of hydrogen-bond acceptors (Lipinski definition) is 3. The van der Waals surface area contributed by atoms with Crippen molar-refractivity contribution in [3.05, 3.63) is 34.9 Å². The number of likely N-dealkylation sites (tertiary alicyclic amines) is 1. The standard InChI is InChI=1S/C17H24ClNO3/c1-16(2,3)22-15(21)19-13(10-17(19,4)5)14(20)11-7-6-8-12(18)9-11/h6-9,13-14,20H,10H2,1-5H3/t13?,14-/m1/s1. The minimum absolute atomic E-state index is 0.302. The fraction of sp³-hybridized carbons (Fsp3) is 0.588. The Bertz CT molecular complexity index is 565. The predicted octanol–water partition coefficient (Wildman–Crippen LogP) is 4.16. The Morgan fingerprint density at radius 3 is 2.59 bits per heavy atom. The zero-order chi connectivity index (χ0) is 16.7. The summed E-state index contributed by atoms with van der Waals surface area (Å²) in [6.07, 6.45) is -0.464. The molecule has 1 heterocycles. The van der Waals surface area contributed by atoms with Crippen LogP contribution in [0.3, 0.4) is 0 Å². The highest BCUT2D eigenvalue weighted by atomic mass is 35.5. The van der Waals surface area contributed by atoms with Gasteiger partial charge in [0.15, 0.2) is 0 Å². The molecule has 0 aromatic heterocycles. The third kappa shape index (κ3) is 3.55. The van der Waals surface area contributed by atoms with Gasteiger partial charge in [-0.25, -0.2) is 4.79 Å².